The van der Waals surface area contributed by atoms with E-state index in [4.69, 9.17) is 9.84 Å². The molecule has 0 saturated carbocycles. The number of aromatic amines is 1. The largest absolute Gasteiger partial charge is 0.393 e. The van der Waals surface area contributed by atoms with Crippen molar-refractivity contribution in [2.24, 2.45) is 0 Å². The number of rotatable bonds is 2. The first-order chi connectivity index (χ1) is 8.04. The molecule has 0 bridgehead atoms. The number of carbonyl (C=O) groups is 1. The Morgan fingerprint density at radius 3 is 2.71 bits per heavy atom. The molecule has 3 atom stereocenters. The van der Waals surface area contributed by atoms with E-state index in [1.807, 2.05) is 4.98 Å². The molecule has 17 heavy (non-hydrogen) atoms. The highest BCUT2D eigenvalue weighted by Crippen LogP contribution is 2.26. The second-order valence-corrected chi connectivity index (χ2v) is 3.52. The van der Waals surface area contributed by atoms with Crippen LogP contribution in [0.3, 0.4) is 0 Å². The molecule has 1 aliphatic rings. The third kappa shape index (κ3) is 1.92. The van der Waals surface area contributed by atoms with Gasteiger partial charge >= 0.3 is 5.69 Å². The number of hydrogen-bond acceptors (Lipinski definition) is 5. The summed E-state index contributed by atoms with van der Waals surface area (Å²) >= 11 is 0. The first-order valence-electron chi connectivity index (χ1n) is 4.80. The summed E-state index contributed by atoms with van der Waals surface area (Å²) in [7, 11) is 0. The van der Waals surface area contributed by atoms with Gasteiger partial charge in [0, 0.05) is 12.3 Å². The Kier molecular flexibility index (Phi) is 2.90. The molecule has 0 radical (unpaired) electrons. The van der Waals surface area contributed by atoms with Crippen LogP contribution in [-0.4, -0.2) is 39.3 Å². The van der Waals surface area contributed by atoms with Crippen LogP contribution in [-0.2, 0) is 9.53 Å². The lowest BCUT2D eigenvalue weighted by Crippen LogP contribution is -2.34. The number of aliphatic hydroxyl groups is 1. The van der Waals surface area contributed by atoms with Crippen molar-refractivity contribution in [1.29, 1.82) is 0 Å². The number of halogens is 1. The summed E-state index contributed by atoms with van der Waals surface area (Å²) in [4.78, 5) is 35.3. The van der Waals surface area contributed by atoms with E-state index in [1.54, 1.807) is 0 Å². The minimum atomic E-state index is -2.05. The monoisotopic (exact) mass is 244 g/mol. The number of alkyl halides is 1. The molecular formula is C9H9FN2O5. The van der Waals surface area contributed by atoms with Crippen molar-refractivity contribution >= 4 is 5.78 Å². The third-order valence-corrected chi connectivity index (χ3v) is 2.43. The van der Waals surface area contributed by atoms with Gasteiger partial charge in [-0.25, -0.2) is 9.18 Å². The molecule has 2 heterocycles. The second kappa shape index (κ2) is 4.22. The number of aliphatic hydroxyl groups excluding tert-OH is 1. The maximum atomic E-state index is 13.5. The second-order valence-electron chi connectivity index (χ2n) is 3.52. The van der Waals surface area contributed by atoms with E-state index in [0.717, 1.165) is 16.8 Å². The highest BCUT2D eigenvalue weighted by molar-refractivity contribution is 5.89. The van der Waals surface area contributed by atoms with Crippen molar-refractivity contribution < 1.29 is 19.0 Å². The van der Waals surface area contributed by atoms with Crippen LogP contribution in [0.1, 0.15) is 6.23 Å². The van der Waals surface area contributed by atoms with Crippen molar-refractivity contribution in [3.8, 4) is 0 Å². The Balaban J connectivity index is 2.39. The van der Waals surface area contributed by atoms with E-state index in [-0.39, 0.29) is 0 Å². The van der Waals surface area contributed by atoms with Gasteiger partial charge in [-0.1, -0.05) is 0 Å². The molecule has 0 amide bonds. The van der Waals surface area contributed by atoms with Gasteiger partial charge in [-0.05, 0) is 0 Å². The van der Waals surface area contributed by atoms with E-state index in [1.165, 1.54) is 0 Å². The van der Waals surface area contributed by atoms with Gasteiger partial charge in [0.25, 0.3) is 5.56 Å². The van der Waals surface area contributed by atoms with Gasteiger partial charge in [0.2, 0.25) is 12.0 Å². The molecule has 1 saturated heterocycles. The molecule has 1 aromatic rings. The van der Waals surface area contributed by atoms with Gasteiger partial charge in [-0.2, -0.15) is 0 Å². The molecule has 92 valence electrons. The molecule has 0 aliphatic carbocycles. The van der Waals surface area contributed by atoms with Crippen molar-refractivity contribution in [1.82, 2.24) is 9.55 Å². The van der Waals surface area contributed by atoms with Gasteiger partial charge in [-0.15, -0.1) is 0 Å². The molecule has 2 rings (SSSR count). The van der Waals surface area contributed by atoms with Crippen molar-refractivity contribution in [3.63, 3.8) is 0 Å². The quantitative estimate of drug-likeness (QED) is 0.648. The molecule has 1 aromatic heterocycles. The number of nitrogens with one attached hydrogen (secondary N) is 1. The van der Waals surface area contributed by atoms with E-state index >= 15 is 0 Å². The van der Waals surface area contributed by atoms with Crippen LogP contribution in [0.5, 0.6) is 0 Å². The molecule has 1 fully saturated rings. The summed E-state index contributed by atoms with van der Waals surface area (Å²) in [6, 6.07) is 1.01. The number of hydrogen-bond donors (Lipinski definition) is 2. The van der Waals surface area contributed by atoms with Crippen LogP contribution in [0.4, 0.5) is 4.39 Å². The number of ether oxygens (including phenoxy) is 1. The highest BCUT2D eigenvalue weighted by atomic mass is 19.1. The summed E-state index contributed by atoms with van der Waals surface area (Å²) in [6.45, 7) is -0.659. The molecule has 0 spiro atoms. The van der Waals surface area contributed by atoms with Gasteiger partial charge in [-0.3, -0.25) is 19.1 Å². The van der Waals surface area contributed by atoms with Crippen LogP contribution in [0.2, 0.25) is 0 Å². The minimum Gasteiger partial charge on any atom is -0.393 e. The molecule has 7 nitrogen and oxygen atoms in total. The average Bonchev–Trinajstić information content (AvgIpc) is 2.57. The smallest absolute Gasteiger partial charge is 0.330 e. The predicted molar refractivity (Wildman–Crippen MR) is 52.2 cm³/mol. The Labute approximate surface area is 93.5 Å². The lowest BCUT2D eigenvalue weighted by atomic mass is 10.2. The lowest BCUT2D eigenvalue weighted by molar-refractivity contribution is -0.126. The highest BCUT2D eigenvalue weighted by Gasteiger charge is 2.44. The summed E-state index contributed by atoms with van der Waals surface area (Å²) in [5, 5.41) is 8.77. The van der Waals surface area contributed by atoms with Gasteiger partial charge in [0.05, 0.1) is 6.61 Å². The fourth-order valence-corrected chi connectivity index (χ4v) is 1.59. The molecule has 1 aliphatic heterocycles. The van der Waals surface area contributed by atoms with Gasteiger partial charge < -0.3 is 9.84 Å². The lowest BCUT2D eigenvalue weighted by Gasteiger charge is -2.14. The van der Waals surface area contributed by atoms with E-state index in [0.29, 0.717) is 0 Å². The average molecular weight is 244 g/mol. The van der Waals surface area contributed by atoms with Crippen LogP contribution < -0.4 is 11.2 Å². The van der Waals surface area contributed by atoms with E-state index < -0.39 is 42.1 Å². The van der Waals surface area contributed by atoms with Crippen molar-refractivity contribution in [3.05, 3.63) is 33.1 Å². The summed E-state index contributed by atoms with van der Waals surface area (Å²) in [5.74, 6) is -0.921. The van der Waals surface area contributed by atoms with E-state index in [2.05, 4.69) is 0 Å². The Morgan fingerprint density at radius 1 is 1.47 bits per heavy atom. The van der Waals surface area contributed by atoms with Crippen LogP contribution in [0.25, 0.3) is 0 Å². The van der Waals surface area contributed by atoms with Crippen LogP contribution >= 0.6 is 0 Å². The van der Waals surface area contributed by atoms with Crippen molar-refractivity contribution in [2.75, 3.05) is 6.61 Å². The molecular weight excluding hydrogens is 235 g/mol. The maximum Gasteiger partial charge on any atom is 0.330 e. The summed E-state index contributed by atoms with van der Waals surface area (Å²) in [6.07, 6.45) is -3.75. The zero-order valence-electron chi connectivity index (χ0n) is 8.50. The number of nitrogens with zero attached hydrogens (tertiary/aromatic N) is 1. The molecule has 8 heteroatoms. The Hall–Kier alpha value is -1.80. The normalized spacial score (nSPS) is 28.6. The number of carbonyl (C=O) groups excluding carboxylic acids is 1. The number of Topliss-reactive ketones (excluding diaryl/α,β-unsaturated/α-hetero) is 1. The Morgan fingerprint density at radius 2 is 2.18 bits per heavy atom. The number of aromatic nitrogens is 2. The fourth-order valence-electron chi connectivity index (χ4n) is 1.59. The SMILES string of the molecule is O=C1[C@H](CO)O[C@H](n2ccc(=O)[nH]c2=O)[C@H]1F. The van der Waals surface area contributed by atoms with E-state index in [9.17, 15) is 18.8 Å². The first-order valence-corrected chi connectivity index (χ1v) is 4.80. The predicted octanol–water partition coefficient (Wildman–Crippen LogP) is -1.67. The maximum absolute atomic E-state index is 13.5. The number of ketones is 1. The standard InChI is InChI=1S/C9H9FN2O5/c10-6-7(15)4(3-13)17-8(6)12-2-1-5(14)11-9(12)16/h1-2,4,6,8,13H,3H2,(H,11,14,16)/t4-,6-,8-/m0/s1. The Bertz CT molecular complexity index is 551. The first kappa shape index (κ1) is 11.7. The van der Waals surface area contributed by atoms with Crippen LogP contribution in [0.15, 0.2) is 21.9 Å². The van der Waals surface area contributed by atoms with Gasteiger partial charge in [0.1, 0.15) is 6.10 Å². The zero-order chi connectivity index (χ0) is 12.6. The topological polar surface area (TPSA) is 101 Å². The van der Waals surface area contributed by atoms with Gasteiger partial charge in [0.15, 0.2) is 6.23 Å². The summed E-state index contributed by atoms with van der Waals surface area (Å²) in [5.41, 5.74) is -1.51. The van der Waals surface area contributed by atoms with Crippen molar-refractivity contribution in [2.45, 2.75) is 18.5 Å². The van der Waals surface area contributed by atoms with Crippen LogP contribution in [0, 0.1) is 0 Å². The zero-order valence-corrected chi connectivity index (χ0v) is 8.50. The molecule has 0 aromatic carbocycles. The summed E-state index contributed by atoms with van der Waals surface area (Å²) < 4.78 is 19.2. The molecule has 2 N–H and O–H groups in total. The third-order valence-electron chi connectivity index (χ3n) is 2.43. The minimum absolute atomic E-state index is 0.635. The number of H-pyrrole nitrogens is 1. The molecule has 0 unspecified atom stereocenters. The fraction of sp³-hybridized carbons (Fsp3) is 0.444.